The van der Waals surface area contributed by atoms with Gasteiger partial charge < -0.3 is 22.8 Å². The Kier molecular flexibility index (Phi) is 11.1. The Morgan fingerprint density at radius 3 is 1.65 bits per heavy atom. The van der Waals surface area contributed by atoms with E-state index in [2.05, 4.69) is 67.0 Å². The summed E-state index contributed by atoms with van der Waals surface area (Å²) in [6, 6.07) is 14.3. The number of nitrogens with zero attached hydrogens (tertiary/aromatic N) is 2. The van der Waals surface area contributed by atoms with Crippen molar-refractivity contribution in [2.45, 2.75) is 85.4 Å². The smallest absolute Gasteiger partial charge is 0.478 e. The van der Waals surface area contributed by atoms with Crippen molar-refractivity contribution in [2.75, 3.05) is 46.4 Å². The highest BCUT2D eigenvalue weighted by Gasteiger charge is 2.40. The first-order valence-electron chi connectivity index (χ1n) is 15.2. The van der Waals surface area contributed by atoms with Crippen molar-refractivity contribution in [1.29, 1.82) is 0 Å². The van der Waals surface area contributed by atoms with Crippen molar-refractivity contribution in [2.24, 2.45) is 0 Å². The lowest BCUT2D eigenvalue weighted by Crippen LogP contribution is -2.46. The van der Waals surface area contributed by atoms with E-state index in [4.69, 9.17) is 22.8 Å². The third-order valence-corrected chi connectivity index (χ3v) is 11.2. The normalized spacial score (nSPS) is 16.2. The summed E-state index contributed by atoms with van der Waals surface area (Å²) in [6.45, 7) is 19.8. The van der Waals surface area contributed by atoms with Crippen LogP contribution in [0, 0.1) is 0 Å². The molecule has 2 aromatic carbocycles. The highest BCUT2D eigenvalue weighted by Crippen LogP contribution is 2.38. The summed E-state index contributed by atoms with van der Waals surface area (Å²) < 4.78 is 30.4. The van der Waals surface area contributed by atoms with Gasteiger partial charge in [0, 0.05) is 68.6 Å². The zero-order valence-electron chi connectivity index (χ0n) is 25.6. The predicted molar refractivity (Wildman–Crippen MR) is 162 cm³/mol. The van der Waals surface area contributed by atoms with Crippen molar-refractivity contribution in [3.8, 4) is 11.5 Å². The SMILES string of the molecule is CCCCN1COc2ccc(C(C)(C)c3ccc4c(c3)CN(CCC[Si](OCC)(OCC)OCC)CO4)cc2C1. The van der Waals surface area contributed by atoms with Crippen LogP contribution in [-0.4, -0.2) is 65.0 Å². The third kappa shape index (κ3) is 7.46. The molecule has 0 unspecified atom stereocenters. The van der Waals surface area contributed by atoms with Gasteiger partial charge in [0.1, 0.15) is 25.0 Å². The summed E-state index contributed by atoms with van der Waals surface area (Å²) in [5.41, 5.74) is 4.99. The average Bonchev–Trinajstić information content (AvgIpc) is 2.95. The van der Waals surface area contributed by atoms with Crippen molar-refractivity contribution in [3.63, 3.8) is 0 Å². The van der Waals surface area contributed by atoms with Gasteiger partial charge in [0.15, 0.2) is 0 Å². The van der Waals surface area contributed by atoms with E-state index < -0.39 is 8.80 Å². The summed E-state index contributed by atoms with van der Waals surface area (Å²) in [5, 5.41) is 0. The van der Waals surface area contributed by atoms with Crippen LogP contribution in [-0.2, 0) is 31.8 Å². The maximum atomic E-state index is 6.17. The zero-order valence-corrected chi connectivity index (χ0v) is 26.6. The van der Waals surface area contributed by atoms with E-state index in [1.54, 1.807) is 0 Å². The Morgan fingerprint density at radius 2 is 1.20 bits per heavy atom. The van der Waals surface area contributed by atoms with E-state index in [0.29, 0.717) is 33.3 Å². The zero-order chi connectivity index (χ0) is 28.6. The molecule has 2 heterocycles. The van der Waals surface area contributed by atoms with Gasteiger partial charge >= 0.3 is 8.80 Å². The fourth-order valence-corrected chi connectivity index (χ4v) is 8.31. The molecular formula is C32H50N2O5Si. The van der Waals surface area contributed by atoms with Gasteiger partial charge in [0.25, 0.3) is 0 Å². The number of rotatable bonds is 15. The summed E-state index contributed by atoms with van der Waals surface area (Å²) in [5.74, 6) is 2.01. The molecule has 0 saturated carbocycles. The molecule has 0 fully saturated rings. The number of fused-ring (bicyclic) bond motifs is 2. The van der Waals surface area contributed by atoms with E-state index in [9.17, 15) is 0 Å². The third-order valence-electron chi connectivity index (χ3n) is 8.04. The quantitative estimate of drug-likeness (QED) is 0.225. The van der Waals surface area contributed by atoms with Crippen molar-refractivity contribution in [1.82, 2.24) is 9.80 Å². The molecule has 0 spiro atoms. The van der Waals surface area contributed by atoms with E-state index in [1.165, 1.54) is 35.1 Å². The number of hydrogen-bond acceptors (Lipinski definition) is 7. The fourth-order valence-electron chi connectivity index (χ4n) is 5.72. The van der Waals surface area contributed by atoms with Gasteiger partial charge in [-0.3, -0.25) is 9.80 Å². The molecule has 7 nitrogen and oxygen atoms in total. The number of ether oxygens (including phenoxy) is 2. The molecule has 0 aromatic heterocycles. The molecular weight excluding hydrogens is 520 g/mol. The molecule has 8 heteroatoms. The Hall–Kier alpha value is -1.94. The first kappa shape index (κ1) is 31.0. The topological polar surface area (TPSA) is 52.6 Å². The maximum Gasteiger partial charge on any atom is 0.500 e. The Labute approximate surface area is 243 Å². The van der Waals surface area contributed by atoms with Gasteiger partial charge in [-0.2, -0.15) is 0 Å². The molecule has 222 valence electrons. The van der Waals surface area contributed by atoms with Gasteiger partial charge in [-0.05, 0) is 69.0 Å². The number of unbranched alkanes of at least 4 members (excludes halogenated alkanes) is 1. The summed E-state index contributed by atoms with van der Waals surface area (Å²) in [7, 11) is -2.62. The molecule has 0 amide bonds. The number of benzene rings is 2. The molecule has 2 aliphatic heterocycles. The Bertz CT molecular complexity index is 1080. The van der Waals surface area contributed by atoms with Gasteiger partial charge in [-0.25, -0.2) is 0 Å². The standard InChI is InChI=1S/C32H50N2O5Si/c1-7-11-17-33-22-26-20-28(13-15-30(26)35-24-33)32(5,6)29-14-16-31-27(21-29)23-34(25-36-31)18-12-19-40(37-8-2,38-9-3)39-10-4/h13-16,20-21H,7-12,17-19,22-25H2,1-6H3. The molecule has 40 heavy (non-hydrogen) atoms. The molecule has 0 N–H and O–H groups in total. The molecule has 2 aromatic rings. The lowest BCUT2D eigenvalue weighted by Gasteiger charge is -2.34. The second-order valence-corrected chi connectivity index (χ2v) is 14.1. The van der Waals surface area contributed by atoms with E-state index in [0.717, 1.165) is 50.1 Å². The fraction of sp³-hybridized carbons (Fsp3) is 0.625. The van der Waals surface area contributed by atoms with Gasteiger partial charge in [-0.1, -0.05) is 39.3 Å². The number of hydrogen-bond donors (Lipinski definition) is 0. The molecule has 0 saturated heterocycles. The second kappa shape index (κ2) is 14.3. The van der Waals surface area contributed by atoms with Crippen LogP contribution in [0.1, 0.15) is 83.1 Å². The minimum atomic E-state index is -2.62. The molecule has 0 bridgehead atoms. The maximum absolute atomic E-state index is 6.17. The van der Waals surface area contributed by atoms with Crippen molar-refractivity contribution in [3.05, 3.63) is 58.7 Å². The lowest BCUT2D eigenvalue weighted by molar-refractivity contribution is 0.0653. The van der Waals surface area contributed by atoms with Gasteiger partial charge in [-0.15, -0.1) is 0 Å². The van der Waals surface area contributed by atoms with Crippen LogP contribution in [0.15, 0.2) is 36.4 Å². The summed E-state index contributed by atoms with van der Waals surface area (Å²) in [6.07, 6.45) is 3.35. The minimum Gasteiger partial charge on any atom is -0.478 e. The molecule has 0 aliphatic carbocycles. The average molecular weight is 571 g/mol. The molecule has 4 rings (SSSR count). The lowest BCUT2D eigenvalue weighted by atomic mass is 9.77. The van der Waals surface area contributed by atoms with Crippen LogP contribution in [0.2, 0.25) is 6.04 Å². The summed E-state index contributed by atoms with van der Waals surface area (Å²) >= 11 is 0. The van der Waals surface area contributed by atoms with Gasteiger partial charge in [0.2, 0.25) is 0 Å². The predicted octanol–water partition coefficient (Wildman–Crippen LogP) is 6.55. The highest BCUT2D eigenvalue weighted by molar-refractivity contribution is 6.60. The second-order valence-electron chi connectivity index (χ2n) is 11.4. The van der Waals surface area contributed by atoms with Crippen LogP contribution in [0.3, 0.4) is 0 Å². The molecule has 0 radical (unpaired) electrons. The Morgan fingerprint density at radius 1 is 0.725 bits per heavy atom. The molecule has 2 aliphatic rings. The molecule has 0 atom stereocenters. The van der Waals surface area contributed by atoms with Crippen LogP contribution >= 0.6 is 0 Å². The van der Waals surface area contributed by atoms with Crippen LogP contribution in [0.4, 0.5) is 0 Å². The first-order valence-corrected chi connectivity index (χ1v) is 17.2. The van der Waals surface area contributed by atoms with E-state index in [-0.39, 0.29) is 5.41 Å². The largest absolute Gasteiger partial charge is 0.500 e. The van der Waals surface area contributed by atoms with Crippen LogP contribution in [0.5, 0.6) is 11.5 Å². The Balaban J connectivity index is 1.43. The van der Waals surface area contributed by atoms with Gasteiger partial charge in [0.05, 0.1) is 0 Å². The first-order chi connectivity index (χ1) is 19.3. The van der Waals surface area contributed by atoms with Crippen LogP contribution in [0.25, 0.3) is 0 Å². The van der Waals surface area contributed by atoms with E-state index in [1.807, 2.05) is 20.8 Å². The van der Waals surface area contributed by atoms with E-state index >= 15 is 0 Å². The highest BCUT2D eigenvalue weighted by atomic mass is 28.4. The van der Waals surface area contributed by atoms with Crippen molar-refractivity contribution >= 4 is 8.80 Å². The minimum absolute atomic E-state index is 0.143. The van der Waals surface area contributed by atoms with Crippen LogP contribution < -0.4 is 9.47 Å². The van der Waals surface area contributed by atoms with Crippen molar-refractivity contribution < 1.29 is 22.8 Å². The summed E-state index contributed by atoms with van der Waals surface area (Å²) in [4.78, 5) is 4.76. The monoisotopic (exact) mass is 570 g/mol.